The van der Waals surface area contributed by atoms with Gasteiger partial charge in [-0.1, -0.05) is 6.58 Å². The van der Waals surface area contributed by atoms with Crippen LogP contribution in [0.15, 0.2) is 18.5 Å². The Hall–Kier alpha value is -3.14. The Labute approximate surface area is 187 Å². The van der Waals surface area contributed by atoms with Crippen molar-refractivity contribution in [3.05, 3.63) is 29.9 Å². The van der Waals surface area contributed by atoms with Crippen LogP contribution in [-0.2, 0) is 4.74 Å². The molecule has 3 N–H and O–H groups in total. The zero-order valence-corrected chi connectivity index (χ0v) is 18.9. The third kappa shape index (κ3) is 5.37. The van der Waals surface area contributed by atoms with Gasteiger partial charge in [0.25, 0.3) is 0 Å². The highest BCUT2D eigenvalue weighted by Crippen LogP contribution is 2.27. The predicted molar refractivity (Wildman–Crippen MR) is 124 cm³/mol. The highest BCUT2D eigenvalue weighted by Gasteiger charge is 2.21. The number of rotatable bonds is 8. The highest BCUT2D eigenvalue weighted by atomic mass is 19.1. The van der Waals surface area contributed by atoms with E-state index in [1.807, 2.05) is 18.7 Å². The van der Waals surface area contributed by atoms with Crippen molar-refractivity contribution in [3.8, 4) is 11.5 Å². The number of halogens is 1. The molecule has 1 atom stereocenters. The van der Waals surface area contributed by atoms with E-state index < -0.39 is 6.17 Å². The SMILES string of the molecule is C=Cc1nc(-c2n[nH]cc2NC(=O)N(CC)CC)[nH]c1/C=C(\C(C)F)N1CCCOCC1. The molecule has 2 amide bonds. The Balaban J connectivity index is 1.92. The zero-order chi connectivity index (χ0) is 23.1. The van der Waals surface area contributed by atoms with Gasteiger partial charge in [-0.3, -0.25) is 5.10 Å². The molecule has 3 rings (SSSR count). The van der Waals surface area contributed by atoms with E-state index in [-0.39, 0.29) is 6.03 Å². The van der Waals surface area contributed by atoms with Gasteiger partial charge in [0.05, 0.1) is 29.4 Å². The van der Waals surface area contributed by atoms with E-state index in [2.05, 4.69) is 32.1 Å². The van der Waals surface area contributed by atoms with Crippen LogP contribution in [0.1, 0.15) is 38.6 Å². The molecule has 1 aliphatic rings. The highest BCUT2D eigenvalue weighted by molar-refractivity contribution is 5.92. The molecule has 0 radical (unpaired) electrons. The molecule has 1 saturated heterocycles. The number of hydrogen-bond acceptors (Lipinski definition) is 5. The molecule has 0 bridgehead atoms. The summed E-state index contributed by atoms with van der Waals surface area (Å²) in [4.78, 5) is 23.9. The minimum atomic E-state index is -1.16. The lowest BCUT2D eigenvalue weighted by molar-refractivity contribution is 0.143. The third-order valence-corrected chi connectivity index (χ3v) is 5.40. The molecule has 2 aromatic heterocycles. The van der Waals surface area contributed by atoms with Gasteiger partial charge in [0.2, 0.25) is 0 Å². The standard InChI is InChI=1S/C22H32FN7O2/c1-5-16-17(13-19(15(4)23)30-9-8-11-32-12-10-30)26-21(25-16)20-18(14-24-28-20)27-22(31)29(6-2)7-3/h5,13-15H,1,6-12H2,2-4H3,(H,24,28)(H,25,26)(H,27,31)/b19-13+. The fourth-order valence-electron chi connectivity index (χ4n) is 3.66. The summed E-state index contributed by atoms with van der Waals surface area (Å²) in [5.41, 5.74) is 2.74. The number of hydrogen-bond donors (Lipinski definition) is 3. The second-order valence-corrected chi connectivity index (χ2v) is 7.48. The average Bonchev–Trinajstić information content (AvgIpc) is 3.30. The molecule has 3 heterocycles. The lowest BCUT2D eigenvalue weighted by Gasteiger charge is -2.26. The Morgan fingerprint density at radius 2 is 2.19 bits per heavy atom. The minimum absolute atomic E-state index is 0.217. The molecule has 9 nitrogen and oxygen atoms in total. The molecular weight excluding hydrogens is 413 g/mol. The second-order valence-electron chi connectivity index (χ2n) is 7.48. The van der Waals surface area contributed by atoms with Crippen molar-refractivity contribution in [2.45, 2.75) is 33.4 Å². The lowest BCUT2D eigenvalue weighted by atomic mass is 10.2. The molecule has 0 aliphatic carbocycles. The van der Waals surface area contributed by atoms with Gasteiger partial charge in [0.15, 0.2) is 11.5 Å². The second kappa shape index (κ2) is 10.9. The zero-order valence-electron chi connectivity index (χ0n) is 18.9. The van der Waals surface area contributed by atoms with Crippen molar-refractivity contribution >= 4 is 23.9 Å². The van der Waals surface area contributed by atoms with Crippen LogP contribution in [0.3, 0.4) is 0 Å². The summed E-state index contributed by atoms with van der Waals surface area (Å²) in [5.74, 6) is 0.451. The minimum Gasteiger partial charge on any atom is -0.380 e. The van der Waals surface area contributed by atoms with Crippen molar-refractivity contribution in [2.75, 3.05) is 44.7 Å². The van der Waals surface area contributed by atoms with Crippen LogP contribution in [-0.4, -0.2) is 81.6 Å². The van der Waals surface area contributed by atoms with E-state index in [9.17, 15) is 9.18 Å². The van der Waals surface area contributed by atoms with Gasteiger partial charge in [-0.25, -0.2) is 14.2 Å². The number of anilines is 1. The molecule has 10 heteroatoms. The number of allylic oxidation sites excluding steroid dienone is 1. The number of nitrogens with one attached hydrogen (secondary N) is 3. The third-order valence-electron chi connectivity index (χ3n) is 5.40. The lowest BCUT2D eigenvalue weighted by Crippen LogP contribution is -2.34. The van der Waals surface area contributed by atoms with E-state index in [0.717, 1.165) is 13.0 Å². The van der Waals surface area contributed by atoms with E-state index in [1.165, 1.54) is 6.92 Å². The molecular formula is C22H32FN7O2. The average molecular weight is 446 g/mol. The Bertz CT molecular complexity index is 938. The van der Waals surface area contributed by atoms with Gasteiger partial charge in [-0.05, 0) is 39.3 Å². The first-order valence-corrected chi connectivity index (χ1v) is 11.0. The number of aromatic nitrogens is 4. The van der Waals surface area contributed by atoms with Crippen molar-refractivity contribution in [2.24, 2.45) is 0 Å². The number of carbonyl (C=O) groups excluding carboxylic acids is 1. The van der Waals surface area contributed by atoms with Crippen LogP contribution >= 0.6 is 0 Å². The number of H-pyrrole nitrogens is 2. The molecule has 0 spiro atoms. The van der Waals surface area contributed by atoms with Crippen LogP contribution < -0.4 is 5.32 Å². The van der Waals surface area contributed by atoms with Crippen molar-refractivity contribution < 1.29 is 13.9 Å². The first kappa shape index (κ1) is 23.5. The fourth-order valence-corrected chi connectivity index (χ4v) is 3.66. The molecule has 32 heavy (non-hydrogen) atoms. The topological polar surface area (TPSA) is 102 Å². The van der Waals surface area contributed by atoms with E-state index in [0.29, 0.717) is 67.1 Å². The van der Waals surface area contributed by atoms with Gasteiger partial charge in [-0.15, -0.1) is 0 Å². The molecule has 0 saturated carbocycles. The predicted octanol–water partition coefficient (Wildman–Crippen LogP) is 3.74. The van der Waals surface area contributed by atoms with E-state index in [1.54, 1.807) is 23.2 Å². The summed E-state index contributed by atoms with van der Waals surface area (Å²) in [6.45, 7) is 13.0. The number of urea groups is 1. The van der Waals surface area contributed by atoms with Gasteiger partial charge in [0.1, 0.15) is 6.17 Å². The Kier molecular flexibility index (Phi) is 8.04. The van der Waals surface area contributed by atoms with Gasteiger partial charge in [0, 0.05) is 39.0 Å². The van der Waals surface area contributed by atoms with Crippen LogP contribution in [0, 0.1) is 0 Å². The summed E-state index contributed by atoms with van der Waals surface area (Å²) in [6, 6.07) is -0.217. The first-order chi connectivity index (χ1) is 15.5. The molecule has 174 valence electrons. The summed E-state index contributed by atoms with van der Waals surface area (Å²) >= 11 is 0. The summed E-state index contributed by atoms with van der Waals surface area (Å²) < 4.78 is 20.1. The maximum absolute atomic E-state index is 14.6. The van der Waals surface area contributed by atoms with Crippen molar-refractivity contribution in [1.29, 1.82) is 0 Å². The number of imidazole rings is 1. The quantitative estimate of drug-likeness (QED) is 0.575. The molecule has 0 aromatic carbocycles. The Morgan fingerprint density at radius 1 is 1.41 bits per heavy atom. The number of amides is 2. The van der Waals surface area contributed by atoms with Crippen molar-refractivity contribution in [1.82, 2.24) is 30.0 Å². The van der Waals surface area contributed by atoms with Crippen LogP contribution in [0.4, 0.5) is 14.9 Å². The van der Waals surface area contributed by atoms with Crippen LogP contribution in [0.2, 0.25) is 0 Å². The van der Waals surface area contributed by atoms with E-state index in [4.69, 9.17) is 4.74 Å². The summed E-state index contributed by atoms with van der Waals surface area (Å²) in [7, 11) is 0. The van der Waals surface area contributed by atoms with E-state index >= 15 is 0 Å². The molecule has 1 fully saturated rings. The number of alkyl halides is 1. The normalized spacial score (nSPS) is 15.9. The molecule has 1 aliphatic heterocycles. The van der Waals surface area contributed by atoms with Crippen molar-refractivity contribution in [3.63, 3.8) is 0 Å². The number of ether oxygens (including phenoxy) is 1. The molecule has 1 unspecified atom stereocenters. The number of nitrogens with zero attached hydrogens (tertiary/aromatic N) is 4. The smallest absolute Gasteiger partial charge is 0.321 e. The summed E-state index contributed by atoms with van der Waals surface area (Å²) in [6.07, 6.45) is 4.67. The largest absolute Gasteiger partial charge is 0.380 e. The number of aromatic amines is 2. The van der Waals surface area contributed by atoms with Gasteiger partial charge in [-0.2, -0.15) is 5.10 Å². The monoisotopic (exact) mass is 445 g/mol. The van der Waals surface area contributed by atoms with Gasteiger partial charge < -0.3 is 24.8 Å². The Morgan fingerprint density at radius 3 is 2.88 bits per heavy atom. The maximum atomic E-state index is 14.6. The first-order valence-electron chi connectivity index (χ1n) is 11.0. The number of carbonyl (C=O) groups is 1. The molecule has 2 aromatic rings. The fraction of sp³-hybridized carbons (Fsp3) is 0.500. The maximum Gasteiger partial charge on any atom is 0.321 e. The van der Waals surface area contributed by atoms with Crippen LogP contribution in [0.5, 0.6) is 0 Å². The van der Waals surface area contributed by atoms with Crippen LogP contribution in [0.25, 0.3) is 23.7 Å². The van der Waals surface area contributed by atoms with Gasteiger partial charge >= 0.3 is 6.03 Å². The summed E-state index contributed by atoms with van der Waals surface area (Å²) in [5, 5.41) is 9.89.